The van der Waals surface area contributed by atoms with Gasteiger partial charge in [-0.2, -0.15) is 13.2 Å². The minimum atomic E-state index is -4.31. The van der Waals surface area contributed by atoms with Gasteiger partial charge in [-0.1, -0.05) is 31.0 Å². The number of unbranched alkanes of at least 4 members (excludes halogenated alkanes) is 3. The summed E-state index contributed by atoms with van der Waals surface area (Å²) in [7, 11) is -1.51. The Morgan fingerprint density at radius 3 is 2.30 bits per heavy atom. The fourth-order valence-electron chi connectivity index (χ4n) is 5.45. The molecule has 0 heterocycles. The van der Waals surface area contributed by atoms with Crippen molar-refractivity contribution in [2.24, 2.45) is 0 Å². The summed E-state index contributed by atoms with van der Waals surface area (Å²) in [5.41, 5.74) is 5.93. The zero-order valence-electron chi connectivity index (χ0n) is 23.3. The molecule has 0 bridgehead atoms. The van der Waals surface area contributed by atoms with E-state index in [1.54, 1.807) is 12.1 Å². The molecule has 0 amide bonds. The molecule has 0 unspecified atom stereocenters. The molecule has 0 spiro atoms. The first-order valence-electron chi connectivity index (χ1n) is 14.2. The van der Waals surface area contributed by atoms with Crippen LogP contribution in [-0.2, 0) is 16.3 Å². The van der Waals surface area contributed by atoms with E-state index in [2.05, 4.69) is 4.90 Å². The Morgan fingerprint density at radius 2 is 1.55 bits per heavy atom. The van der Waals surface area contributed by atoms with Gasteiger partial charge in [-0.3, -0.25) is 0 Å². The van der Waals surface area contributed by atoms with Crippen molar-refractivity contribution < 1.29 is 31.8 Å². The molecule has 222 valence electrons. The largest absolute Gasteiger partial charge is 0.508 e. The lowest BCUT2D eigenvalue weighted by molar-refractivity contribution is -0.134. The molecule has 2 aromatic carbocycles. The van der Waals surface area contributed by atoms with Gasteiger partial charge in [-0.25, -0.2) is 8.42 Å². The van der Waals surface area contributed by atoms with Crippen molar-refractivity contribution >= 4 is 21.0 Å². The Morgan fingerprint density at radius 1 is 0.850 bits per heavy atom. The van der Waals surface area contributed by atoms with E-state index in [-0.39, 0.29) is 23.7 Å². The van der Waals surface area contributed by atoms with E-state index in [4.69, 9.17) is 0 Å². The second kappa shape index (κ2) is 14.9. The van der Waals surface area contributed by atoms with E-state index < -0.39 is 28.2 Å². The van der Waals surface area contributed by atoms with Crippen LogP contribution < -0.4 is 0 Å². The number of sulfone groups is 1. The number of hydrogen-bond donors (Lipinski definition) is 2. The monoisotopic (exact) mass is 581 g/mol. The predicted molar refractivity (Wildman–Crippen MR) is 155 cm³/mol. The number of allylic oxidation sites excluding steroid dienone is 2. The smallest absolute Gasteiger partial charge is 0.389 e. The highest BCUT2D eigenvalue weighted by atomic mass is 32.2. The molecule has 0 saturated heterocycles. The number of alkyl halides is 3. The zero-order valence-corrected chi connectivity index (χ0v) is 24.2. The first-order chi connectivity index (χ1) is 18.9. The molecule has 0 aromatic heterocycles. The SMILES string of the molecule is CN(CCCCCCC1=C(c2cccc(O)c2)CCCc2cc(O)ccc21)CCCS(=O)(=O)CCCC(F)(F)F. The number of aromatic hydroxyl groups is 2. The Labute approximate surface area is 236 Å². The summed E-state index contributed by atoms with van der Waals surface area (Å²) in [6.07, 6.45) is 2.46. The van der Waals surface area contributed by atoms with Crippen molar-refractivity contribution in [3.8, 4) is 11.5 Å². The Bertz CT molecular complexity index is 1240. The lowest BCUT2D eigenvalue weighted by atomic mass is 9.89. The standard InChI is InChI=1S/C31H42F3NO4S/c1-35(19-9-21-40(38,39)20-8-17-31(32,33)34)18-5-3-2-4-13-30-28(24-10-6-12-26(36)22-24)14-7-11-25-23-27(37)15-16-29(25)30/h6,10,12,15-16,22-23,36-37H,2-5,7-9,11,13-14,17-21H2,1H3. The second-order valence-corrected chi connectivity index (χ2v) is 13.2. The van der Waals surface area contributed by atoms with Crippen LogP contribution in [0.15, 0.2) is 42.5 Å². The minimum Gasteiger partial charge on any atom is -0.508 e. The maximum Gasteiger partial charge on any atom is 0.389 e. The third-order valence-electron chi connectivity index (χ3n) is 7.47. The Hall–Kier alpha value is -2.52. The lowest BCUT2D eigenvalue weighted by Gasteiger charge is -2.18. The number of phenolic OH excluding ortho intramolecular Hbond substituents is 2. The van der Waals surface area contributed by atoms with Crippen LogP contribution >= 0.6 is 0 Å². The summed E-state index contributed by atoms with van der Waals surface area (Å²) < 4.78 is 60.7. The van der Waals surface area contributed by atoms with Gasteiger partial charge < -0.3 is 15.1 Å². The maximum absolute atomic E-state index is 12.2. The second-order valence-electron chi connectivity index (χ2n) is 10.9. The van der Waals surface area contributed by atoms with Gasteiger partial charge in [-0.05, 0) is 124 Å². The highest BCUT2D eigenvalue weighted by molar-refractivity contribution is 7.91. The molecule has 5 nitrogen and oxygen atoms in total. The number of benzene rings is 2. The third-order valence-corrected chi connectivity index (χ3v) is 9.29. The third kappa shape index (κ3) is 10.8. The van der Waals surface area contributed by atoms with E-state index in [0.29, 0.717) is 13.0 Å². The molecule has 1 aliphatic rings. The van der Waals surface area contributed by atoms with Crippen molar-refractivity contribution in [2.45, 2.75) is 76.8 Å². The van der Waals surface area contributed by atoms with Gasteiger partial charge in [0.15, 0.2) is 0 Å². The van der Waals surface area contributed by atoms with E-state index in [1.165, 1.54) is 16.7 Å². The van der Waals surface area contributed by atoms with Gasteiger partial charge in [-0.15, -0.1) is 0 Å². The summed E-state index contributed by atoms with van der Waals surface area (Å²) in [6.45, 7) is 1.44. The first-order valence-corrected chi connectivity index (χ1v) is 16.0. The van der Waals surface area contributed by atoms with E-state index in [1.807, 2.05) is 37.4 Å². The zero-order chi connectivity index (χ0) is 29.2. The number of aryl methyl sites for hydroxylation is 1. The molecule has 1 aliphatic carbocycles. The quantitative estimate of drug-likeness (QED) is 0.215. The normalized spacial score (nSPS) is 14.4. The number of fused-ring (bicyclic) bond motifs is 1. The van der Waals surface area contributed by atoms with E-state index in [0.717, 1.165) is 69.0 Å². The van der Waals surface area contributed by atoms with Crippen molar-refractivity contribution in [2.75, 3.05) is 31.6 Å². The highest BCUT2D eigenvalue weighted by Gasteiger charge is 2.27. The summed E-state index contributed by atoms with van der Waals surface area (Å²) >= 11 is 0. The average Bonchev–Trinajstić information content (AvgIpc) is 3.04. The van der Waals surface area contributed by atoms with Crippen molar-refractivity contribution in [1.82, 2.24) is 4.90 Å². The van der Waals surface area contributed by atoms with Gasteiger partial charge >= 0.3 is 6.18 Å². The van der Waals surface area contributed by atoms with Gasteiger partial charge in [0.05, 0.1) is 11.5 Å². The van der Waals surface area contributed by atoms with Crippen LogP contribution in [0.3, 0.4) is 0 Å². The first kappa shape index (κ1) is 32.0. The van der Waals surface area contributed by atoms with Gasteiger partial charge in [0.25, 0.3) is 0 Å². The number of phenols is 2. The Kier molecular flexibility index (Phi) is 11.9. The van der Waals surface area contributed by atoms with Crippen molar-refractivity contribution in [3.63, 3.8) is 0 Å². The average molecular weight is 582 g/mol. The lowest BCUT2D eigenvalue weighted by Crippen LogP contribution is -2.24. The van der Waals surface area contributed by atoms with Crippen molar-refractivity contribution in [3.05, 3.63) is 59.2 Å². The molecule has 3 rings (SSSR count). The molecule has 2 aromatic rings. The van der Waals surface area contributed by atoms with Crippen LogP contribution in [0.5, 0.6) is 11.5 Å². The topological polar surface area (TPSA) is 77.8 Å². The fourth-order valence-corrected chi connectivity index (χ4v) is 6.80. The molecule has 40 heavy (non-hydrogen) atoms. The van der Waals surface area contributed by atoms with Gasteiger partial charge in [0, 0.05) is 6.42 Å². The van der Waals surface area contributed by atoms with Crippen LogP contribution in [0.25, 0.3) is 11.1 Å². The molecule has 0 atom stereocenters. The number of nitrogens with zero attached hydrogens (tertiary/aromatic N) is 1. The molecule has 0 aliphatic heterocycles. The molecular formula is C31H42F3NO4S. The Balaban J connectivity index is 1.46. The number of rotatable bonds is 15. The summed E-state index contributed by atoms with van der Waals surface area (Å²) in [5.74, 6) is 0.0426. The fraction of sp³-hybridized carbons (Fsp3) is 0.548. The van der Waals surface area contributed by atoms with Gasteiger partial charge in [0.1, 0.15) is 21.3 Å². The van der Waals surface area contributed by atoms with Crippen LogP contribution in [0.1, 0.15) is 80.9 Å². The molecule has 2 N–H and O–H groups in total. The van der Waals surface area contributed by atoms with Crippen molar-refractivity contribution in [1.29, 1.82) is 0 Å². The van der Waals surface area contributed by atoms with Crippen LogP contribution in [0, 0.1) is 0 Å². The van der Waals surface area contributed by atoms with Crippen LogP contribution in [-0.4, -0.2) is 61.3 Å². The number of hydrogen-bond acceptors (Lipinski definition) is 5. The molecule has 9 heteroatoms. The molecular weight excluding hydrogens is 539 g/mol. The summed E-state index contributed by atoms with van der Waals surface area (Å²) in [6, 6.07) is 13.0. The predicted octanol–water partition coefficient (Wildman–Crippen LogP) is 7.37. The van der Waals surface area contributed by atoms with E-state index in [9.17, 15) is 31.8 Å². The summed E-state index contributed by atoms with van der Waals surface area (Å²) in [5, 5.41) is 20.1. The molecule has 0 fully saturated rings. The van der Waals surface area contributed by atoms with E-state index >= 15 is 0 Å². The molecule has 0 saturated carbocycles. The minimum absolute atomic E-state index is 0.0783. The molecule has 0 radical (unpaired) electrons. The number of halogens is 3. The maximum atomic E-state index is 12.2. The summed E-state index contributed by atoms with van der Waals surface area (Å²) in [4.78, 5) is 2.09. The highest BCUT2D eigenvalue weighted by Crippen LogP contribution is 2.40. The van der Waals surface area contributed by atoms with Gasteiger partial charge in [0.2, 0.25) is 0 Å². The van der Waals surface area contributed by atoms with Crippen LogP contribution in [0.2, 0.25) is 0 Å². The van der Waals surface area contributed by atoms with Crippen LogP contribution in [0.4, 0.5) is 13.2 Å².